The predicted octanol–water partition coefficient (Wildman–Crippen LogP) is 4.49. The first-order valence-electron chi connectivity index (χ1n) is 7.59. The van der Waals surface area contributed by atoms with Gasteiger partial charge in [-0.05, 0) is 61.9 Å². The van der Waals surface area contributed by atoms with Crippen molar-refractivity contribution in [2.45, 2.75) is 19.1 Å². The van der Waals surface area contributed by atoms with Gasteiger partial charge in [-0.2, -0.15) is 0 Å². The second-order valence-electron chi connectivity index (χ2n) is 5.46. The molecule has 0 aromatic heterocycles. The molecule has 0 saturated heterocycles. The van der Waals surface area contributed by atoms with Crippen LogP contribution in [0.15, 0.2) is 42.5 Å². The molecule has 0 fully saturated rings. The van der Waals surface area contributed by atoms with Gasteiger partial charge in [0.2, 0.25) is 11.8 Å². The molecule has 0 bridgehead atoms. The fraction of sp³-hybridized carbons (Fsp3) is 0.222. The number of thioether (sulfide) groups is 1. The minimum Gasteiger partial charge on any atom is -0.325 e. The van der Waals surface area contributed by atoms with E-state index in [4.69, 9.17) is 11.6 Å². The largest absolute Gasteiger partial charge is 0.325 e. The smallest absolute Gasteiger partial charge is 0.237 e. The number of carbonyl (C=O) groups is 2. The lowest BCUT2D eigenvalue weighted by Gasteiger charge is -2.13. The van der Waals surface area contributed by atoms with Crippen LogP contribution in [0.25, 0.3) is 0 Å². The molecule has 1 unspecified atom stereocenters. The maximum absolute atomic E-state index is 12.9. The first kappa shape index (κ1) is 19.3. The van der Waals surface area contributed by atoms with Gasteiger partial charge in [-0.1, -0.05) is 11.6 Å². The predicted molar refractivity (Wildman–Crippen MR) is 102 cm³/mol. The third kappa shape index (κ3) is 6.07. The van der Waals surface area contributed by atoms with E-state index in [2.05, 4.69) is 10.6 Å². The molecule has 132 valence electrons. The van der Waals surface area contributed by atoms with Gasteiger partial charge in [0.15, 0.2) is 0 Å². The Morgan fingerprint density at radius 2 is 1.84 bits per heavy atom. The summed E-state index contributed by atoms with van der Waals surface area (Å²) in [5.41, 5.74) is 2.08. The van der Waals surface area contributed by atoms with Gasteiger partial charge in [-0.3, -0.25) is 9.59 Å². The molecule has 7 heteroatoms. The normalized spacial score (nSPS) is 11.7. The van der Waals surface area contributed by atoms with Crippen molar-refractivity contribution >= 4 is 46.6 Å². The molecule has 0 saturated carbocycles. The lowest BCUT2D eigenvalue weighted by molar-refractivity contribution is -0.115. The molecule has 1 atom stereocenters. The molecule has 2 aromatic rings. The second kappa shape index (κ2) is 8.87. The maximum atomic E-state index is 12.9. The highest BCUT2D eigenvalue weighted by Gasteiger charge is 2.16. The highest BCUT2D eigenvalue weighted by Crippen LogP contribution is 2.20. The molecular formula is C18H18ClFN2O2S. The average Bonchev–Trinajstić information content (AvgIpc) is 2.57. The van der Waals surface area contributed by atoms with Crippen LogP contribution in [0.2, 0.25) is 5.02 Å². The average molecular weight is 381 g/mol. The number of halogens is 2. The van der Waals surface area contributed by atoms with Gasteiger partial charge in [-0.15, -0.1) is 11.8 Å². The van der Waals surface area contributed by atoms with Crippen LogP contribution < -0.4 is 10.6 Å². The SMILES string of the molecule is Cc1cc(Cl)ccc1NC(=O)CSC(C)C(=O)Nc1ccc(F)cc1. The van der Waals surface area contributed by atoms with Crippen molar-refractivity contribution < 1.29 is 14.0 Å². The molecule has 0 aliphatic rings. The van der Waals surface area contributed by atoms with Crippen molar-refractivity contribution in [1.29, 1.82) is 0 Å². The Bertz CT molecular complexity index is 768. The molecule has 4 nitrogen and oxygen atoms in total. The molecule has 0 radical (unpaired) electrons. The van der Waals surface area contributed by atoms with Gasteiger partial charge in [0.1, 0.15) is 5.82 Å². The maximum Gasteiger partial charge on any atom is 0.237 e. The zero-order valence-corrected chi connectivity index (χ0v) is 15.4. The van der Waals surface area contributed by atoms with Crippen LogP contribution in [0.4, 0.5) is 15.8 Å². The summed E-state index contributed by atoms with van der Waals surface area (Å²) in [7, 11) is 0. The number of nitrogens with one attached hydrogen (secondary N) is 2. The third-order valence-electron chi connectivity index (χ3n) is 3.41. The molecule has 2 N–H and O–H groups in total. The van der Waals surface area contributed by atoms with Gasteiger partial charge in [0, 0.05) is 16.4 Å². The van der Waals surface area contributed by atoms with Crippen molar-refractivity contribution in [3.8, 4) is 0 Å². The Morgan fingerprint density at radius 1 is 1.16 bits per heavy atom. The van der Waals surface area contributed by atoms with Gasteiger partial charge in [-0.25, -0.2) is 4.39 Å². The quantitative estimate of drug-likeness (QED) is 0.776. The van der Waals surface area contributed by atoms with Crippen LogP contribution in [-0.4, -0.2) is 22.8 Å². The summed E-state index contributed by atoms with van der Waals surface area (Å²) < 4.78 is 12.9. The third-order valence-corrected chi connectivity index (χ3v) is 4.79. The minimum atomic E-state index is -0.429. The van der Waals surface area contributed by atoms with E-state index in [1.54, 1.807) is 25.1 Å². The number of rotatable bonds is 6. The summed E-state index contributed by atoms with van der Waals surface area (Å²) in [6, 6.07) is 10.7. The van der Waals surface area contributed by atoms with Crippen molar-refractivity contribution in [2.75, 3.05) is 16.4 Å². The van der Waals surface area contributed by atoms with Gasteiger partial charge < -0.3 is 10.6 Å². The van der Waals surface area contributed by atoms with Gasteiger partial charge >= 0.3 is 0 Å². The summed E-state index contributed by atoms with van der Waals surface area (Å²) in [5.74, 6) is -0.668. The van der Waals surface area contributed by atoms with E-state index in [-0.39, 0.29) is 23.4 Å². The van der Waals surface area contributed by atoms with E-state index in [9.17, 15) is 14.0 Å². The summed E-state index contributed by atoms with van der Waals surface area (Å²) in [5, 5.41) is 5.66. The van der Waals surface area contributed by atoms with Crippen molar-refractivity contribution in [3.05, 3.63) is 58.9 Å². The Kier molecular flexibility index (Phi) is 6.84. The van der Waals surface area contributed by atoms with Crippen LogP contribution in [-0.2, 0) is 9.59 Å². The Morgan fingerprint density at radius 3 is 2.48 bits per heavy atom. The topological polar surface area (TPSA) is 58.2 Å². The molecule has 25 heavy (non-hydrogen) atoms. The van der Waals surface area contributed by atoms with E-state index in [1.165, 1.54) is 36.0 Å². The van der Waals surface area contributed by atoms with Crippen LogP contribution in [0.3, 0.4) is 0 Å². The standard InChI is InChI=1S/C18H18ClFN2O2S/c1-11-9-13(19)3-8-16(11)22-17(23)10-25-12(2)18(24)21-15-6-4-14(20)5-7-15/h3-9,12H,10H2,1-2H3,(H,21,24)(H,22,23). The molecule has 0 heterocycles. The lowest BCUT2D eigenvalue weighted by atomic mass is 10.2. The van der Waals surface area contributed by atoms with Crippen molar-refractivity contribution in [2.24, 2.45) is 0 Å². The highest BCUT2D eigenvalue weighted by atomic mass is 35.5. The second-order valence-corrected chi connectivity index (χ2v) is 7.22. The summed E-state index contributed by atoms with van der Waals surface area (Å²) >= 11 is 7.10. The molecule has 0 aliphatic heterocycles. The summed E-state index contributed by atoms with van der Waals surface area (Å²) in [6.45, 7) is 3.57. The van der Waals surface area contributed by atoms with Crippen LogP contribution in [0.1, 0.15) is 12.5 Å². The monoisotopic (exact) mass is 380 g/mol. The first-order chi connectivity index (χ1) is 11.8. The lowest BCUT2D eigenvalue weighted by Crippen LogP contribution is -2.25. The number of hydrogen-bond donors (Lipinski definition) is 2. The fourth-order valence-electron chi connectivity index (χ4n) is 2.01. The summed E-state index contributed by atoms with van der Waals surface area (Å²) in [6.07, 6.45) is 0. The van der Waals surface area contributed by atoms with E-state index in [0.717, 1.165) is 5.56 Å². The molecule has 2 aromatic carbocycles. The van der Waals surface area contributed by atoms with E-state index in [0.29, 0.717) is 16.4 Å². The zero-order valence-electron chi connectivity index (χ0n) is 13.8. The number of carbonyl (C=O) groups excluding carboxylic acids is 2. The first-order valence-corrected chi connectivity index (χ1v) is 9.02. The Labute approximate surface area is 155 Å². The Hall–Kier alpha value is -2.05. The van der Waals surface area contributed by atoms with E-state index in [1.807, 2.05) is 6.92 Å². The fourth-order valence-corrected chi connectivity index (χ4v) is 2.92. The van der Waals surface area contributed by atoms with Crippen LogP contribution in [0, 0.1) is 12.7 Å². The molecule has 2 amide bonds. The molecule has 0 aliphatic carbocycles. The molecular weight excluding hydrogens is 363 g/mol. The number of benzene rings is 2. The highest BCUT2D eigenvalue weighted by molar-refractivity contribution is 8.01. The van der Waals surface area contributed by atoms with Gasteiger partial charge in [0.25, 0.3) is 0 Å². The van der Waals surface area contributed by atoms with Crippen LogP contribution in [0.5, 0.6) is 0 Å². The Balaban J connectivity index is 1.81. The zero-order chi connectivity index (χ0) is 18.4. The number of hydrogen-bond acceptors (Lipinski definition) is 3. The minimum absolute atomic E-state index is 0.139. The summed E-state index contributed by atoms with van der Waals surface area (Å²) in [4.78, 5) is 24.1. The van der Waals surface area contributed by atoms with Crippen LogP contribution >= 0.6 is 23.4 Å². The van der Waals surface area contributed by atoms with E-state index < -0.39 is 5.25 Å². The van der Waals surface area contributed by atoms with Gasteiger partial charge in [0.05, 0.1) is 11.0 Å². The number of aryl methyl sites for hydroxylation is 1. The van der Waals surface area contributed by atoms with Crippen molar-refractivity contribution in [1.82, 2.24) is 0 Å². The molecule has 0 spiro atoms. The van der Waals surface area contributed by atoms with E-state index >= 15 is 0 Å². The number of anilines is 2. The number of amides is 2. The van der Waals surface area contributed by atoms with Crippen molar-refractivity contribution in [3.63, 3.8) is 0 Å². The molecule has 2 rings (SSSR count).